The first-order valence-corrected chi connectivity index (χ1v) is 7.33. The van der Waals surface area contributed by atoms with Gasteiger partial charge in [-0.05, 0) is 24.6 Å². The number of hydrogen-bond acceptors (Lipinski definition) is 4. The van der Waals surface area contributed by atoms with Crippen LogP contribution in [0, 0.1) is 0 Å². The lowest BCUT2D eigenvalue weighted by Gasteiger charge is -2.12. The van der Waals surface area contributed by atoms with E-state index in [4.69, 9.17) is 10.9 Å². The molecule has 0 aliphatic carbocycles. The number of hydrogen-bond donors (Lipinski definition) is 4. The van der Waals surface area contributed by atoms with Crippen LogP contribution in [0.3, 0.4) is 0 Å². The first kappa shape index (κ1) is 15.4. The van der Waals surface area contributed by atoms with Gasteiger partial charge in [0.25, 0.3) is 10.2 Å². The zero-order valence-corrected chi connectivity index (χ0v) is 11.4. The lowest BCUT2D eigenvalue weighted by Crippen LogP contribution is -2.35. The third-order valence-electron chi connectivity index (χ3n) is 2.33. The van der Waals surface area contributed by atoms with Crippen molar-refractivity contribution >= 4 is 27.5 Å². The Hall–Kier alpha value is -1.64. The summed E-state index contributed by atoms with van der Waals surface area (Å²) in [4.78, 5) is 11.7. The Morgan fingerprint density at radius 3 is 2.58 bits per heavy atom. The molecule has 1 amide bonds. The number of nitrogens with one attached hydrogen (secondary N) is 2. The average Bonchev–Trinajstić information content (AvgIpc) is 2.27. The second-order valence-electron chi connectivity index (χ2n) is 4.11. The van der Waals surface area contributed by atoms with Crippen LogP contribution in [-0.2, 0) is 15.0 Å². The summed E-state index contributed by atoms with van der Waals surface area (Å²) in [6.45, 7) is 1.93. The molecular formula is C11H18N4O3S. The fraction of sp³-hybridized carbons (Fsp3) is 0.364. The first-order chi connectivity index (χ1) is 8.81. The minimum absolute atomic E-state index is 0.268. The van der Waals surface area contributed by atoms with Crippen molar-refractivity contribution in [2.45, 2.75) is 25.8 Å². The van der Waals surface area contributed by atoms with E-state index in [1.807, 2.05) is 6.92 Å². The second kappa shape index (κ2) is 6.50. The summed E-state index contributed by atoms with van der Waals surface area (Å²) in [6, 6.07) is 5.62. The van der Waals surface area contributed by atoms with Gasteiger partial charge in [-0.3, -0.25) is 9.52 Å². The molecule has 1 atom stereocenters. The van der Waals surface area contributed by atoms with Gasteiger partial charge in [0.05, 0.1) is 11.7 Å². The van der Waals surface area contributed by atoms with Gasteiger partial charge in [-0.2, -0.15) is 8.42 Å². The Kier molecular flexibility index (Phi) is 5.28. The molecule has 0 saturated heterocycles. The smallest absolute Gasteiger partial charge is 0.296 e. The van der Waals surface area contributed by atoms with Crippen molar-refractivity contribution in [1.29, 1.82) is 0 Å². The van der Waals surface area contributed by atoms with Gasteiger partial charge in [0.15, 0.2) is 0 Å². The highest BCUT2D eigenvalue weighted by Gasteiger charge is 2.12. The molecule has 0 fully saturated rings. The predicted molar refractivity (Wildman–Crippen MR) is 74.7 cm³/mol. The van der Waals surface area contributed by atoms with Gasteiger partial charge in [-0.1, -0.05) is 19.4 Å². The van der Waals surface area contributed by atoms with Crippen LogP contribution in [0.1, 0.15) is 19.8 Å². The third-order valence-corrected chi connectivity index (χ3v) is 2.85. The number of carbonyl (C=O) groups excluding carboxylic acids is 1. The maximum Gasteiger partial charge on any atom is 0.296 e. The zero-order chi connectivity index (χ0) is 14.5. The standard InChI is InChI=1S/C11H18N4O3S/c1-2-4-10(12)11(16)14-8-5-3-6-9(7-8)15-19(13,17)18/h3,5-7,10,15H,2,4,12H2,1H3,(H,14,16)(H2,13,17,18). The quantitative estimate of drug-likeness (QED) is 0.602. The highest BCUT2D eigenvalue weighted by molar-refractivity contribution is 7.90. The van der Waals surface area contributed by atoms with Crippen molar-refractivity contribution in [2.24, 2.45) is 10.9 Å². The van der Waals surface area contributed by atoms with E-state index in [-0.39, 0.29) is 11.6 Å². The molecule has 0 bridgehead atoms. The van der Waals surface area contributed by atoms with Gasteiger partial charge in [0.2, 0.25) is 5.91 Å². The van der Waals surface area contributed by atoms with Crippen LogP contribution < -0.4 is 20.9 Å². The van der Waals surface area contributed by atoms with E-state index in [9.17, 15) is 13.2 Å². The molecule has 1 rings (SSSR count). The zero-order valence-electron chi connectivity index (χ0n) is 10.6. The maximum atomic E-state index is 11.7. The normalized spacial score (nSPS) is 12.8. The van der Waals surface area contributed by atoms with Gasteiger partial charge in [-0.25, -0.2) is 5.14 Å². The van der Waals surface area contributed by atoms with Gasteiger partial charge in [0, 0.05) is 5.69 Å². The van der Waals surface area contributed by atoms with Crippen molar-refractivity contribution in [3.8, 4) is 0 Å². The largest absolute Gasteiger partial charge is 0.325 e. The minimum atomic E-state index is -3.83. The number of rotatable bonds is 6. The van der Waals surface area contributed by atoms with Crippen LogP contribution in [0.4, 0.5) is 11.4 Å². The van der Waals surface area contributed by atoms with Gasteiger partial charge >= 0.3 is 0 Å². The second-order valence-corrected chi connectivity index (χ2v) is 5.41. The molecule has 8 heteroatoms. The minimum Gasteiger partial charge on any atom is -0.325 e. The Morgan fingerprint density at radius 2 is 2.00 bits per heavy atom. The van der Waals surface area contributed by atoms with Crippen LogP contribution in [0.15, 0.2) is 24.3 Å². The lowest BCUT2D eigenvalue weighted by atomic mass is 10.1. The molecule has 0 heterocycles. The van der Waals surface area contributed by atoms with E-state index in [2.05, 4.69) is 10.0 Å². The molecule has 0 radical (unpaired) electrons. The molecule has 0 saturated carbocycles. The van der Waals surface area contributed by atoms with E-state index >= 15 is 0 Å². The molecule has 0 aliphatic heterocycles. The van der Waals surface area contributed by atoms with E-state index in [1.54, 1.807) is 12.1 Å². The predicted octanol–water partition coefficient (Wildman–Crippen LogP) is 0.368. The molecule has 1 aromatic carbocycles. The summed E-state index contributed by atoms with van der Waals surface area (Å²) < 4.78 is 23.9. The highest BCUT2D eigenvalue weighted by atomic mass is 32.2. The molecule has 106 valence electrons. The topological polar surface area (TPSA) is 127 Å². The molecule has 0 spiro atoms. The van der Waals surface area contributed by atoms with Crippen LogP contribution in [-0.4, -0.2) is 20.4 Å². The monoisotopic (exact) mass is 286 g/mol. The summed E-state index contributed by atoms with van der Waals surface area (Å²) in [7, 11) is -3.83. The fourth-order valence-electron chi connectivity index (χ4n) is 1.50. The SMILES string of the molecule is CCCC(N)C(=O)Nc1cccc(NS(N)(=O)=O)c1. The van der Waals surface area contributed by atoms with Crippen molar-refractivity contribution in [3.63, 3.8) is 0 Å². The number of anilines is 2. The summed E-state index contributed by atoms with van der Waals surface area (Å²) in [5, 5.41) is 7.47. The lowest BCUT2D eigenvalue weighted by molar-refractivity contribution is -0.117. The van der Waals surface area contributed by atoms with Crippen LogP contribution in [0.25, 0.3) is 0 Å². The average molecular weight is 286 g/mol. The summed E-state index contributed by atoms with van der Waals surface area (Å²) in [6.07, 6.45) is 1.39. The summed E-state index contributed by atoms with van der Waals surface area (Å²) in [5.74, 6) is -0.311. The van der Waals surface area contributed by atoms with Crippen LogP contribution in [0.5, 0.6) is 0 Å². The molecule has 0 aliphatic rings. The van der Waals surface area contributed by atoms with Crippen LogP contribution in [0.2, 0.25) is 0 Å². The molecule has 6 N–H and O–H groups in total. The molecule has 19 heavy (non-hydrogen) atoms. The van der Waals surface area contributed by atoms with Gasteiger partial charge in [-0.15, -0.1) is 0 Å². The van der Waals surface area contributed by atoms with Crippen molar-refractivity contribution in [1.82, 2.24) is 0 Å². The van der Waals surface area contributed by atoms with Crippen molar-refractivity contribution < 1.29 is 13.2 Å². The van der Waals surface area contributed by atoms with Crippen LogP contribution >= 0.6 is 0 Å². The Morgan fingerprint density at radius 1 is 1.37 bits per heavy atom. The number of benzene rings is 1. The first-order valence-electron chi connectivity index (χ1n) is 5.79. The van der Waals surface area contributed by atoms with E-state index < -0.39 is 16.3 Å². The summed E-state index contributed by atoms with van der Waals surface area (Å²) in [5.41, 5.74) is 6.39. The van der Waals surface area contributed by atoms with E-state index in [0.717, 1.165) is 6.42 Å². The third kappa shape index (κ3) is 5.69. The summed E-state index contributed by atoms with van der Waals surface area (Å²) >= 11 is 0. The highest BCUT2D eigenvalue weighted by Crippen LogP contribution is 2.16. The number of amides is 1. The molecule has 1 aromatic rings. The Labute approximate surface area is 112 Å². The van der Waals surface area contributed by atoms with E-state index in [0.29, 0.717) is 12.1 Å². The Balaban J connectivity index is 2.75. The number of carbonyl (C=O) groups is 1. The molecule has 1 unspecified atom stereocenters. The van der Waals surface area contributed by atoms with Crippen molar-refractivity contribution in [2.75, 3.05) is 10.0 Å². The van der Waals surface area contributed by atoms with Gasteiger partial charge < -0.3 is 11.1 Å². The number of nitrogens with two attached hydrogens (primary N) is 2. The van der Waals surface area contributed by atoms with Crippen molar-refractivity contribution in [3.05, 3.63) is 24.3 Å². The van der Waals surface area contributed by atoms with E-state index in [1.165, 1.54) is 12.1 Å². The fourth-order valence-corrected chi connectivity index (χ4v) is 1.96. The molecule has 0 aromatic heterocycles. The molecule has 7 nitrogen and oxygen atoms in total. The molecular weight excluding hydrogens is 268 g/mol. The van der Waals surface area contributed by atoms with Gasteiger partial charge in [0.1, 0.15) is 0 Å². The maximum absolute atomic E-state index is 11.7. The Bertz CT molecular complexity index is 545.